The molecule has 0 aliphatic carbocycles. The molecule has 2 heterocycles. The molecule has 2 aromatic rings. The van der Waals surface area contributed by atoms with Gasteiger partial charge in [-0.25, -0.2) is 9.18 Å². The lowest BCUT2D eigenvalue weighted by Gasteiger charge is -2.42. The van der Waals surface area contributed by atoms with E-state index in [4.69, 9.17) is 14.2 Å². The number of nitrogens with one attached hydrogen (secondary N) is 1. The normalized spacial score (nSPS) is 23.9. The van der Waals surface area contributed by atoms with Crippen LogP contribution in [0.3, 0.4) is 0 Å². The Hall–Kier alpha value is -3.11. The first kappa shape index (κ1) is 26.9. The number of amides is 2. The van der Waals surface area contributed by atoms with Gasteiger partial charge in [-0.05, 0) is 56.0 Å². The zero-order valence-corrected chi connectivity index (χ0v) is 21.0. The monoisotopic (exact) mass is 520 g/mol. The zero-order valence-electron chi connectivity index (χ0n) is 21.0. The van der Waals surface area contributed by atoms with Crippen LogP contribution >= 0.6 is 0 Å². The standard InChI is InChI=1S/C27H31F3N2O5/c1-27(2,3)37-26(34)31-20-15-35-22(14-21(20)36-25(29)30)24(33)32-13-12-16-6-4-5-7-19(16)23(32)17-8-10-18(28)11-9-17/h4-11,20-23,25H,12-15H2,1-3H3,(H,31,34)/t20-,21+,22-,23+/m1/s1. The molecule has 4 rings (SSSR count). The van der Waals surface area contributed by atoms with Crippen LogP contribution in [0.5, 0.6) is 0 Å². The summed E-state index contributed by atoms with van der Waals surface area (Å²) in [5, 5.41) is 2.52. The highest BCUT2D eigenvalue weighted by Crippen LogP contribution is 2.36. The molecule has 7 nitrogen and oxygen atoms in total. The molecule has 0 spiro atoms. The van der Waals surface area contributed by atoms with Crippen molar-refractivity contribution in [3.8, 4) is 0 Å². The first-order valence-corrected chi connectivity index (χ1v) is 12.2. The van der Waals surface area contributed by atoms with Gasteiger partial charge in [-0.3, -0.25) is 4.79 Å². The average Bonchev–Trinajstić information content (AvgIpc) is 2.83. The maximum Gasteiger partial charge on any atom is 0.408 e. The predicted octanol–water partition coefficient (Wildman–Crippen LogP) is 4.59. The Morgan fingerprint density at radius 3 is 2.49 bits per heavy atom. The van der Waals surface area contributed by atoms with E-state index in [1.807, 2.05) is 24.3 Å². The van der Waals surface area contributed by atoms with Crippen molar-refractivity contribution >= 4 is 12.0 Å². The number of rotatable bonds is 5. The van der Waals surface area contributed by atoms with Crippen LogP contribution in [-0.4, -0.2) is 60.5 Å². The summed E-state index contributed by atoms with van der Waals surface area (Å²) in [7, 11) is 0. The van der Waals surface area contributed by atoms with Crippen molar-refractivity contribution in [3.63, 3.8) is 0 Å². The minimum absolute atomic E-state index is 0.183. The van der Waals surface area contributed by atoms with E-state index in [2.05, 4.69) is 5.32 Å². The van der Waals surface area contributed by atoms with Crippen LogP contribution in [0.2, 0.25) is 0 Å². The van der Waals surface area contributed by atoms with Gasteiger partial charge in [0.1, 0.15) is 17.5 Å². The van der Waals surface area contributed by atoms with Crippen molar-refractivity contribution in [2.24, 2.45) is 0 Å². The summed E-state index contributed by atoms with van der Waals surface area (Å²) >= 11 is 0. The topological polar surface area (TPSA) is 77.1 Å². The Bertz CT molecular complexity index is 1110. The quantitative estimate of drug-likeness (QED) is 0.624. The minimum atomic E-state index is -3.10. The predicted molar refractivity (Wildman–Crippen MR) is 128 cm³/mol. The number of benzene rings is 2. The number of carbonyl (C=O) groups is 2. The maximum absolute atomic E-state index is 13.7. The highest BCUT2D eigenvalue weighted by atomic mass is 19.3. The van der Waals surface area contributed by atoms with Crippen molar-refractivity contribution < 1.29 is 37.0 Å². The Labute approximate surface area is 213 Å². The largest absolute Gasteiger partial charge is 0.444 e. The van der Waals surface area contributed by atoms with E-state index in [0.29, 0.717) is 13.0 Å². The number of fused-ring (bicyclic) bond motifs is 1. The van der Waals surface area contributed by atoms with Crippen LogP contribution in [0.15, 0.2) is 48.5 Å². The second-order valence-corrected chi connectivity index (χ2v) is 10.2. The fraction of sp³-hybridized carbons (Fsp3) is 0.481. The molecule has 0 aromatic heterocycles. The van der Waals surface area contributed by atoms with Crippen LogP contribution in [-0.2, 0) is 25.4 Å². The molecule has 10 heteroatoms. The van der Waals surface area contributed by atoms with Crippen LogP contribution in [0.25, 0.3) is 0 Å². The van der Waals surface area contributed by atoms with Gasteiger partial charge in [0, 0.05) is 13.0 Å². The molecule has 200 valence electrons. The summed E-state index contributed by atoms with van der Waals surface area (Å²) in [6, 6.07) is 12.2. The van der Waals surface area contributed by atoms with Crippen LogP contribution in [0, 0.1) is 5.82 Å². The molecule has 4 atom stereocenters. The van der Waals surface area contributed by atoms with Crippen LogP contribution in [0.4, 0.5) is 18.0 Å². The number of alkyl halides is 2. The van der Waals surface area contributed by atoms with E-state index in [1.54, 1.807) is 37.8 Å². The van der Waals surface area contributed by atoms with Crippen LogP contribution in [0.1, 0.15) is 49.9 Å². The lowest BCUT2D eigenvalue weighted by atomic mass is 9.87. The van der Waals surface area contributed by atoms with E-state index >= 15 is 0 Å². The molecule has 0 saturated carbocycles. The number of ether oxygens (including phenoxy) is 3. The third-order valence-corrected chi connectivity index (χ3v) is 6.38. The number of carbonyl (C=O) groups excluding carboxylic acids is 2. The summed E-state index contributed by atoms with van der Waals surface area (Å²) in [5.41, 5.74) is 1.93. The molecule has 37 heavy (non-hydrogen) atoms. The van der Waals surface area contributed by atoms with Gasteiger partial charge in [0.15, 0.2) is 0 Å². The van der Waals surface area contributed by atoms with Gasteiger partial charge in [-0.2, -0.15) is 8.78 Å². The summed E-state index contributed by atoms with van der Waals surface area (Å²) < 4.78 is 55.9. The van der Waals surface area contributed by atoms with E-state index in [1.165, 1.54) is 12.1 Å². The number of hydrogen-bond acceptors (Lipinski definition) is 5. The Morgan fingerprint density at radius 2 is 1.81 bits per heavy atom. The van der Waals surface area contributed by atoms with Gasteiger partial charge < -0.3 is 24.4 Å². The van der Waals surface area contributed by atoms with E-state index in [-0.39, 0.29) is 18.9 Å². The molecule has 1 fully saturated rings. The molecular weight excluding hydrogens is 489 g/mol. The molecule has 0 unspecified atom stereocenters. The summed E-state index contributed by atoms with van der Waals surface area (Å²) in [6.07, 6.45) is -2.60. The molecule has 1 saturated heterocycles. The fourth-order valence-electron chi connectivity index (χ4n) is 4.81. The second-order valence-electron chi connectivity index (χ2n) is 10.2. The summed E-state index contributed by atoms with van der Waals surface area (Å²) in [4.78, 5) is 27.6. The Balaban J connectivity index is 1.55. The lowest BCUT2D eigenvalue weighted by Crippen LogP contribution is -2.57. The SMILES string of the molecule is CC(C)(C)OC(=O)N[C@@H]1CO[C@@H](C(=O)N2CCc3ccccc3[C@@H]2c2ccc(F)cc2)C[C@@H]1OC(F)F. The molecule has 0 radical (unpaired) electrons. The smallest absolute Gasteiger partial charge is 0.408 e. The van der Waals surface area contributed by atoms with Gasteiger partial charge in [0.2, 0.25) is 0 Å². The first-order valence-electron chi connectivity index (χ1n) is 12.2. The van der Waals surface area contributed by atoms with Crippen molar-refractivity contribution in [1.82, 2.24) is 10.2 Å². The number of hydrogen-bond donors (Lipinski definition) is 1. The molecule has 2 amide bonds. The van der Waals surface area contributed by atoms with Gasteiger partial charge in [-0.1, -0.05) is 36.4 Å². The number of nitrogens with zero attached hydrogens (tertiary/aromatic N) is 1. The third-order valence-electron chi connectivity index (χ3n) is 6.38. The number of halogens is 3. The Morgan fingerprint density at radius 1 is 1.11 bits per heavy atom. The van der Waals surface area contributed by atoms with E-state index in [0.717, 1.165) is 16.7 Å². The van der Waals surface area contributed by atoms with Gasteiger partial charge in [0.25, 0.3) is 5.91 Å². The van der Waals surface area contributed by atoms with Gasteiger partial charge >= 0.3 is 12.7 Å². The van der Waals surface area contributed by atoms with Crippen molar-refractivity contribution in [1.29, 1.82) is 0 Å². The minimum Gasteiger partial charge on any atom is -0.444 e. The lowest BCUT2D eigenvalue weighted by molar-refractivity contribution is -0.202. The van der Waals surface area contributed by atoms with Crippen LogP contribution < -0.4 is 5.32 Å². The zero-order chi connectivity index (χ0) is 26.7. The molecule has 2 aliphatic rings. The molecule has 2 aliphatic heterocycles. The van der Waals surface area contributed by atoms with Crippen molar-refractivity contribution in [2.45, 2.75) is 70.1 Å². The highest BCUT2D eigenvalue weighted by Gasteiger charge is 2.42. The van der Waals surface area contributed by atoms with Gasteiger partial charge in [0.05, 0.1) is 24.8 Å². The molecule has 0 bridgehead atoms. The second kappa shape index (κ2) is 11.1. The van der Waals surface area contributed by atoms with Crippen molar-refractivity contribution in [3.05, 3.63) is 71.0 Å². The first-order chi connectivity index (χ1) is 17.5. The molecule has 1 N–H and O–H groups in total. The highest BCUT2D eigenvalue weighted by molar-refractivity contribution is 5.82. The summed E-state index contributed by atoms with van der Waals surface area (Å²) in [6.45, 7) is 2.10. The molecular formula is C27H31F3N2O5. The fourth-order valence-corrected chi connectivity index (χ4v) is 4.81. The summed E-state index contributed by atoms with van der Waals surface area (Å²) in [5.74, 6) is -0.778. The van der Waals surface area contributed by atoms with Gasteiger partial charge in [-0.15, -0.1) is 0 Å². The maximum atomic E-state index is 13.7. The average molecular weight is 521 g/mol. The third kappa shape index (κ3) is 6.61. The Kier molecular flexibility index (Phi) is 8.08. The number of alkyl carbamates (subject to hydrolysis) is 1. The van der Waals surface area contributed by atoms with Crippen molar-refractivity contribution in [2.75, 3.05) is 13.2 Å². The van der Waals surface area contributed by atoms with E-state index < -0.39 is 48.4 Å². The van der Waals surface area contributed by atoms with E-state index in [9.17, 15) is 22.8 Å². The molecule has 2 aromatic carbocycles.